The van der Waals surface area contributed by atoms with Crippen molar-refractivity contribution in [2.75, 3.05) is 25.5 Å². The molecule has 27 heavy (non-hydrogen) atoms. The van der Waals surface area contributed by atoms with E-state index in [0.717, 1.165) is 0 Å². The number of likely N-dealkylation sites (tertiary alicyclic amines) is 1. The van der Waals surface area contributed by atoms with E-state index < -0.39 is 5.82 Å². The average Bonchev–Trinajstić information content (AvgIpc) is 2.69. The van der Waals surface area contributed by atoms with E-state index in [1.54, 1.807) is 48.3 Å². The van der Waals surface area contributed by atoms with Crippen molar-refractivity contribution in [3.63, 3.8) is 0 Å². The molecule has 2 aromatic carbocycles. The Kier molecular flexibility index (Phi) is 5.90. The number of ether oxygens (including phenoxy) is 1. The third-order valence-electron chi connectivity index (χ3n) is 4.55. The van der Waals surface area contributed by atoms with E-state index in [4.69, 9.17) is 4.74 Å². The summed E-state index contributed by atoms with van der Waals surface area (Å²) in [6, 6.07) is 12.6. The molecule has 0 atom stereocenters. The van der Waals surface area contributed by atoms with Gasteiger partial charge in [0.05, 0.1) is 5.69 Å². The molecule has 2 aromatic rings. The van der Waals surface area contributed by atoms with Gasteiger partial charge in [0.15, 0.2) is 5.75 Å². The second-order valence-corrected chi connectivity index (χ2v) is 6.36. The first-order valence-electron chi connectivity index (χ1n) is 8.87. The number of nitrogens with one attached hydrogen (secondary N) is 2. The quantitative estimate of drug-likeness (QED) is 0.863. The van der Waals surface area contributed by atoms with Crippen LogP contribution in [0.15, 0.2) is 48.5 Å². The standard InChI is InChI=1S/C20H22FN3O3/c1-22-19(25)14-9-11-24(12-10-14)20(26)23-17-7-2-3-8-18(17)27-16-6-4-5-15(21)13-16/h2-8,13-14H,9-12H2,1H3,(H,22,25)(H,23,26). The summed E-state index contributed by atoms with van der Waals surface area (Å²) >= 11 is 0. The smallest absolute Gasteiger partial charge is 0.321 e. The number of para-hydroxylation sites is 2. The molecule has 0 bridgehead atoms. The van der Waals surface area contributed by atoms with Crippen molar-refractivity contribution < 1.29 is 18.7 Å². The molecule has 1 aliphatic heterocycles. The van der Waals surface area contributed by atoms with Crippen molar-refractivity contribution >= 4 is 17.6 Å². The molecule has 1 saturated heterocycles. The van der Waals surface area contributed by atoms with Gasteiger partial charge >= 0.3 is 6.03 Å². The fourth-order valence-corrected chi connectivity index (χ4v) is 3.06. The monoisotopic (exact) mass is 371 g/mol. The SMILES string of the molecule is CNC(=O)C1CCN(C(=O)Nc2ccccc2Oc2cccc(F)c2)CC1. The second kappa shape index (κ2) is 8.53. The second-order valence-electron chi connectivity index (χ2n) is 6.36. The van der Waals surface area contributed by atoms with Crippen LogP contribution < -0.4 is 15.4 Å². The Hall–Kier alpha value is -3.09. The number of benzene rings is 2. The van der Waals surface area contributed by atoms with Gasteiger partial charge in [0.25, 0.3) is 0 Å². The molecule has 3 amide bonds. The number of carbonyl (C=O) groups is 2. The van der Waals surface area contributed by atoms with Gasteiger partial charge in [0.2, 0.25) is 5.91 Å². The highest BCUT2D eigenvalue weighted by Gasteiger charge is 2.27. The Morgan fingerprint density at radius 3 is 2.56 bits per heavy atom. The molecule has 0 aliphatic carbocycles. The Balaban J connectivity index is 1.64. The molecule has 1 fully saturated rings. The van der Waals surface area contributed by atoms with E-state index in [1.807, 2.05) is 0 Å². The summed E-state index contributed by atoms with van der Waals surface area (Å²) in [5.74, 6) is 0.347. The van der Waals surface area contributed by atoms with Crippen LogP contribution in [0.5, 0.6) is 11.5 Å². The summed E-state index contributed by atoms with van der Waals surface area (Å²) in [7, 11) is 1.62. The first-order chi connectivity index (χ1) is 13.1. The Bertz CT molecular complexity index is 820. The minimum Gasteiger partial charge on any atom is -0.455 e. The van der Waals surface area contributed by atoms with Crippen molar-refractivity contribution in [2.24, 2.45) is 5.92 Å². The van der Waals surface area contributed by atoms with E-state index in [2.05, 4.69) is 10.6 Å². The molecule has 6 nitrogen and oxygen atoms in total. The van der Waals surface area contributed by atoms with Crippen LogP contribution in [0.2, 0.25) is 0 Å². The van der Waals surface area contributed by atoms with Crippen LogP contribution in [0, 0.1) is 11.7 Å². The van der Waals surface area contributed by atoms with Crippen molar-refractivity contribution in [3.8, 4) is 11.5 Å². The van der Waals surface area contributed by atoms with Crippen molar-refractivity contribution in [3.05, 3.63) is 54.3 Å². The molecule has 2 N–H and O–H groups in total. The van der Waals surface area contributed by atoms with Gasteiger partial charge in [-0.2, -0.15) is 0 Å². The highest BCUT2D eigenvalue weighted by atomic mass is 19.1. The first kappa shape index (κ1) is 18.7. The highest BCUT2D eigenvalue weighted by molar-refractivity contribution is 5.91. The minimum atomic E-state index is -0.395. The van der Waals surface area contributed by atoms with Gasteiger partial charge in [0, 0.05) is 32.1 Å². The fourth-order valence-electron chi connectivity index (χ4n) is 3.06. The van der Waals surface area contributed by atoms with E-state index in [9.17, 15) is 14.0 Å². The van der Waals surface area contributed by atoms with Crippen LogP contribution in [0.4, 0.5) is 14.9 Å². The van der Waals surface area contributed by atoms with Gasteiger partial charge in [-0.15, -0.1) is 0 Å². The summed E-state index contributed by atoms with van der Waals surface area (Å²) in [5, 5.41) is 5.49. The number of anilines is 1. The number of urea groups is 1. The summed E-state index contributed by atoms with van der Waals surface area (Å²) in [6.07, 6.45) is 1.27. The summed E-state index contributed by atoms with van der Waals surface area (Å²) in [5.41, 5.74) is 0.500. The lowest BCUT2D eigenvalue weighted by molar-refractivity contribution is -0.125. The van der Waals surface area contributed by atoms with Gasteiger partial charge in [-0.1, -0.05) is 18.2 Å². The topological polar surface area (TPSA) is 70.7 Å². The average molecular weight is 371 g/mol. The van der Waals surface area contributed by atoms with Crippen LogP contribution in [0.1, 0.15) is 12.8 Å². The number of nitrogens with zero attached hydrogens (tertiary/aromatic N) is 1. The van der Waals surface area contributed by atoms with E-state index in [1.165, 1.54) is 12.1 Å². The molecule has 0 unspecified atom stereocenters. The molecular formula is C20H22FN3O3. The van der Waals surface area contributed by atoms with Gasteiger partial charge in [-0.25, -0.2) is 9.18 Å². The minimum absolute atomic E-state index is 0.0175. The van der Waals surface area contributed by atoms with Gasteiger partial charge in [-0.05, 0) is 37.1 Å². The first-order valence-corrected chi connectivity index (χ1v) is 8.87. The molecular weight excluding hydrogens is 349 g/mol. The number of amides is 3. The normalized spacial score (nSPS) is 14.5. The molecule has 142 valence electrons. The molecule has 7 heteroatoms. The van der Waals surface area contributed by atoms with E-state index in [-0.39, 0.29) is 17.9 Å². The zero-order chi connectivity index (χ0) is 19.2. The lowest BCUT2D eigenvalue weighted by Crippen LogP contribution is -2.44. The maximum Gasteiger partial charge on any atom is 0.321 e. The zero-order valence-corrected chi connectivity index (χ0v) is 15.1. The molecule has 1 aliphatic rings. The van der Waals surface area contributed by atoms with Crippen molar-refractivity contribution in [1.82, 2.24) is 10.2 Å². The number of carbonyl (C=O) groups excluding carboxylic acids is 2. The van der Waals surface area contributed by atoms with Crippen LogP contribution in [-0.2, 0) is 4.79 Å². The molecule has 0 aromatic heterocycles. The molecule has 1 heterocycles. The van der Waals surface area contributed by atoms with Crippen LogP contribution in [0.25, 0.3) is 0 Å². The number of halogens is 1. The highest BCUT2D eigenvalue weighted by Crippen LogP contribution is 2.30. The predicted octanol–water partition coefficient (Wildman–Crippen LogP) is 3.61. The third kappa shape index (κ3) is 4.75. The summed E-state index contributed by atoms with van der Waals surface area (Å²) in [6.45, 7) is 1.02. The summed E-state index contributed by atoms with van der Waals surface area (Å²) in [4.78, 5) is 26.0. The Morgan fingerprint density at radius 2 is 1.85 bits per heavy atom. The molecule has 0 saturated carbocycles. The number of piperidine rings is 1. The largest absolute Gasteiger partial charge is 0.455 e. The van der Waals surface area contributed by atoms with E-state index >= 15 is 0 Å². The number of hydrogen-bond acceptors (Lipinski definition) is 3. The third-order valence-corrected chi connectivity index (χ3v) is 4.55. The van der Waals surface area contributed by atoms with Crippen LogP contribution >= 0.6 is 0 Å². The number of hydrogen-bond donors (Lipinski definition) is 2. The van der Waals surface area contributed by atoms with Gasteiger partial charge < -0.3 is 20.3 Å². The summed E-state index contributed by atoms with van der Waals surface area (Å²) < 4.78 is 19.1. The maximum absolute atomic E-state index is 13.4. The lowest BCUT2D eigenvalue weighted by Gasteiger charge is -2.31. The number of rotatable bonds is 4. The molecule has 3 rings (SSSR count). The van der Waals surface area contributed by atoms with Crippen LogP contribution in [0.3, 0.4) is 0 Å². The molecule has 0 radical (unpaired) electrons. The zero-order valence-electron chi connectivity index (χ0n) is 15.1. The maximum atomic E-state index is 13.4. The Morgan fingerprint density at radius 1 is 1.11 bits per heavy atom. The van der Waals surface area contributed by atoms with Crippen molar-refractivity contribution in [2.45, 2.75) is 12.8 Å². The van der Waals surface area contributed by atoms with Gasteiger partial charge in [0.1, 0.15) is 11.6 Å². The van der Waals surface area contributed by atoms with Crippen LogP contribution in [-0.4, -0.2) is 37.0 Å². The lowest BCUT2D eigenvalue weighted by atomic mass is 9.96. The van der Waals surface area contributed by atoms with Crippen molar-refractivity contribution in [1.29, 1.82) is 0 Å². The predicted molar refractivity (Wildman–Crippen MR) is 100 cm³/mol. The molecule has 0 spiro atoms. The van der Waals surface area contributed by atoms with Gasteiger partial charge in [-0.3, -0.25) is 4.79 Å². The fraction of sp³-hybridized carbons (Fsp3) is 0.300. The Labute approximate surface area is 157 Å². The van der Waals surface area contributed by atoms with E-state index in [0.29, 0.717) is 43.1 Å².